The van der Waals surface area contributed by atoms with E-state index in [0.29, 0.717) is 30.7 Å². The normalized spacial score (nSPS) is 19.3. The number of hydrogen-bond acceptors (Lipinski definition) is 5. The van der Waals surface area contributed by atoms with E-state index in [2.05, 4.69) is 15.6 Å². The van der Waals surface area contributed by atoms with E-state index in [1.54, 1.807) is 6.20 Å². The third-order valence-corrected chi connectivity index (χ3v) is 5.26. The molecule has 2 fully saturated rings. The molecule has 6 heteroatoms. The third-order valence-electron chi connectivity index (χ3n) is 5.26. The molecule has 0 bridgehead atoms. The van der Waals surface area contributed by atoms with Gasteiger partial charge in [0.05, 0.1) is 11.6 Å². The number of fused-ring (bicyclic) bond motifs is 1. The van der Waals surface area contributed by atoms with E-state index in [1.807, 2.05) is 30.3 Å². The van der Waals surface area contributed by atoms with Crippen molar-refractivity contribution in [3.05, 3.63) is 47.7 Å². The first-order valence-corrected chi connectivity index (χ1v) is 9.69. The zero-order valence-corrected chi connectivity index (χ0v) is 15.1. The first kappa shape index (κ1) is 16.4. The number of hydrogen-bond donors (Lipinski definition) is 2. The molecule has 1 aromatic heterocycles. The van der Waals surface area contributed by atoms with Crippen molar-refractivity contribution in [3.8, 4) is 11.5 Å². The number of carbonyl (C=O) groups excluding carboxylic acids is 1. The molecular weight excluding hydrogens is 342 g/mol. The van der Waals surface area contributed by atoms with E-state index in [-0.39, 0.29) is 11.9 Å². The van der Waals surface area contributed by atoms with E-state index < -0.39 is 0 Å². The number of aromatic nitrogens is 1. The summed E-state index contributed by atoms with van der Waals surface area (Å²) >= 11 is 0. The van der Waals surface area contributed by atoms with E-state index in [1.165, 1.54) is 12.8 Å². The second kappa shape index (κ2) is 6.76. The number of rotatable bonds is 6. The molecule has 2 saturated carbocycles. The van der Waals surface area contributed by atoms with Gasteiger partial charge in [-0.15, -0.1) is 0 Å². The number of nitrogens with zero attached hydrogens (tertiary/aromatic N) is 1. The molecule has 0 saturated heterocycles. The van der Waals surface area contributed by atoms with Crippen molar-refractivity contribution in [2.24, 2.45) is 5.92 Å². The van der Waals surface area contributed by atoms with E-state index in [0.717, 1.165) is 35.7 Å². The highest BCUT2D eigenvalue weighted by atomic mass is 16.6. The first-order chi connectivity index (χ1) is 13.3. The Kier molecular flexibility index (Phi) is 4.11. The Bertz CT molecular complexity index is 844. The van der Waals surface area contributed by atoms with Gasteiger partial charge in [0.25, 0.3) is 5.91 Å². The molecule has 0 spiro atoms. The van der Waals surface area contributed by atoms with Crippen LogP contribution in [0.2, 0.25) is 0 Å². The molecule has 1 amide bonds. The second-order valence-corrected chi connectivity index (χ2v) is 7.54. The monoisotopic (exact) mass is 365 g/mol. The Labute approximate surface area is 158 Å². The van der Waals surface area contributed by atoms with Gasteiger partial charge in [-0.2, -0.15) is 0 Å². The van der Waals surface area contributed by atoms with Gasteiger partial charge in [-0.05, 0) is 61.4 Å². The minimum Gasteiger partial charge on any atom is -0.486 e. The lowest BCUT2D eigenvalue weighted by Crippen LogP contribution is -2.30. The Hall–Kier alpha value is -2.76. The van der Waals surface area contributed by atoms with Gasteiger partial charge in [0.15, 0.2) is 11.5 Å². The molecule has 5 rings (SSSR count). The average molecular weight is 365 g/mol. The Morgan fingerprint density at radius 3 is 2.56 bits per heavy atom. The Morgan fingerprint density at radius 1 is 1.04 bits per heavy atom. The van der Waals surface area contributed by atoms with Crippen molar-refractivity contribution < 1.29 is 14.3 Å². The fourth-order valence-corrected chi connectivity index (χ4v) is 3.43. The van der Waals surface area contributed by atoms with Crippen LogP contribution in [0.1, 0.15) is 47.6 Å². The molecule has 27 heavy (non-hydrogen) atoms. The zero-order valence-electron chi connectivity index (χ0n) is 15.1. The van der Waals surface area contributed by atoms with Crippen LogP contribution in [0, 0.1) is 5.92 Å². The van der Waals surface area contributed by atoms with Crippen molar-refractivity contribution in [2.45, 2.75) is 37.8 Å². The van der Waals surface area contributed by atoms with E-state index in [9.17, 15) is 4.79 Å². The summed E-state index contributed by atoms with van der Waals surface area (Å²) in [5.74, 6) is 2.75. The van der Waals surface area contributed by atoms with Crippen LogP contribution in [0.25, 0.3) is 0 Å². The van der Waals surface area contributed by atoms with Crippen molar-refractivity contribution in [3.63, 3.8) is 0 Å². The van der Waals surface area contributed by atoms with Crippen molar-refractivity contribution in [1.82, 2.24) is 10.3 Å². The number of carbonyl (C=O) groups is 1. The molecule has 1 unspecified atom stereocenters. The van der Waals surface area contributed by atoms with Crippen molar-refractivity contribution in [1.29, 1.82) is 0 Å². The largest absolute Gasteiger partial charge is 0.486 e. The maximum atomic E-state index is 12.8. The number of nitrogens with one attached hydrogen (secondary N) is 2. The van der Waals surface area contributed by atoms with Gasteiger partial charge in [0, 0.05) is 12.2 Å². The average Bonchev–Trinajstić information content (AvgIpc) is 3.61. The van der Waals surface area contributed by atoms with Gasteiger partial charge in [-0.3, -0.25) is 4.79 Å². The summed E-state index contributed by atoms with van der Waals surface area (Å²) < 4.78 is 11.3. The van der Waals surface area contributed by atoms with Gasteiger partial charge in [-0.1, -0.05) is 6.07 Å². The predicted molar refractivity (Wildman–Crippen MR) is 101 cm³/mol. The van der Waals surface area contributed by atoms with E-state index in [4.69, 9.17) is 9.47 Å². The number of pyridine rings is 1. The molecule has 2 aromatic rings. The number of amides is 1. The summed E-state index contributed by atoms with van der Waals surface area (Å²) in [4.78, 5) is 17.1. The van der Waals surface area contributed by atoms with Gasteiger partial charge < -0.3 is 20.1 Å². The van der Waals surface area contributed by atoms with Crippen LogP contribution in [-0.4, -0.2) is 30.1 Å². The van der Waals surface area contributed by atoms with E-state index >= 15 is 0 Å². The lowest BCUT2D eigenvalue weighted by molar-refractivity contribution is 0.0931. The van der Waals surface area contributed by atoms with Crippen molar-refractivity contribution in [2.75, 3.05) is 18.5 Å². The van der Waals surface area contributed by atoms with Gasteiger partial charge in [0.2, 0.25) is 0 Å². The Balaban J connectivity index is 1.31. The molecule has 2 heterocycles. The van der Waals surface area contributed by atoms with Crippen LogP contribution in [0.4, 0.5) is 5.82 Å². The van der Waals surface area contributed by atoms with Crippen LogP contribution in [-0.2, 0) is 0 Å². The molecule has 3 aliphatic rings. The lowest BCUT2D eigenvalue weighted by atomic mass is 10.0. The summed E-state index contributed by atoms with van der Waals surface area (Å²) in [6.07, 6.45) is 6.29. The summed E-state index contributed by atoms with van der Waals surface area (Å²) in [6.45, 7) is 1.14. The number of ether oxygens (including phenoxy) is 2. The second-order valence-electron chi connectivity index (χ2n) is 7.54. The Morgan fingerprint density at radius 2 is 1.85 bits per heavy atom. The topological polar surface area (TPSA) is 72.5 Å². The van der Waals surface area contributed by atoms with Gasteiger partial charge in [-0.25, -0.2) is 4.98 Å². The van der Waals surface area contributed by atoms with Crippen LogP contribution in [0.5, 0.6) is 11.5 Å². The van der Waals surface area contributed by atoms with Crippen molar-refractivity contribution >= 4 is 11.7 Å². The number of anilines is 1. The summed E-state index contributed by atoms with van der Waals surface area (Å²) in [7, 11) is 0. The standard InChI is InChI=1S/C21H23N3O3/c25-21(15-4-8-19(22-12-15)23-16-5-6-16)24-20(13-1-2-13)14-3-7-17-18(11-14)27-10-9-26-17/h3-4,7-8,11-13,16,20H,1-2,5-6,9-10H2,(H,22,23)(H,24,25). The smallest absolute Gasteiger partial charge is 0.253 e. The molecule has 1 aromatic carbocycles. The van der Waals surface area contributed by atoms with Gasteiger partial charge >= 0.3 is 0 Å². The SMILES string of the molecule is O=C(NC(c1ccc2c(c1)OCCO2)C1CC1)c1ccc(NC2CC2)nc1. The summed E-state index contributed by atoms with van der Waals surface area (Å²) in [5, 5.41) is 6.53. The number of benzene rings is 1. The maximum absolute atomic E-state index is 12.8. The minimum absolute atomic E-state index is 0.0161. The van der Waals surface area contributed by atoms with Gasteiger partial charge in [0.1, 0.15) is 19.0 Å². The fraction of sp³-hybridized carbons (Fsp3) is 0.429. The molecule has 2 N–H and O–H groups in total. The predicted octanol–water partition coefficient (Wildman–Crippen LogP) is 3.31. The fourth-order valence-electron chi connectivity index (χ4n) is 3.43. The zero-order chi connectivity index (χ0) is 18.2. The summed E-state index contributed by atoms with van der Waals surface area (Å²) in [5.41, 5.74) is 1.65. The molecule has 0 radical (unpaired) electrons. The molecule has 140 valence electrons. The molecule has 2 aliphatic carbocycles. The molecule has 6 nitrogen and oxygen atoms in total. The quantitative estimate of drug-likeness (QED) is 0.822. The lowest BCUT2D eigenvalue weighted by Gasteiger charge is -2.23. The molecule has 1 atom stereocenters. The highest BCUT2D eigenvalue weighted by Crippen LogP contribution is 2.43. The minimum atomic E-state index is -0.0905. The van der Waals surface area contributed by atoms with Crippen LogP contribution < -0.4 is 20.1 Å². The van der Waals surface area contributed by atoms with Crippen LogP contribution in [0.15, 0.2) is 36.5 Å². The highest BCUT2D eigenvalue weighted by molar-refractivity contribution is 5.94. The first-order valence-electron chi connectivity index (χ1n) is 9.69. The van der Waals surface area contributed by atoms with Crippen LogP contribution in [0.3, 0.4) is 0 Å². The molecule has 1 aliphatic heterocycles. The third kappa shape index (κ3) is 3.70. The summed E-state index contributed by atoms with van der Waals surface area (Å²) in [6, 6.07) is 10.2. The maximum Gasteiger partial charge on any atom is 0.253 e. The van der Waals surface area contributed by atoms with Crippen LogP contribution >= 0.6 is 0 Å². The molecular formula is C21H23N3O3. The highest BCUT2D eigenvalue weighted by Gasteiger charge is 2.34.